The molecule has 0 atom stereocenters. The van der Waals surface area contributed by atoms with Gasteiger partial charge in [0.25, 0.3) is 5.91 Å². The van der Waals surface area contributed by atoms with Gasteiger partial charge in [0.15, 0.2) is 12.4 Å². The van der Waals surface area contributed by atoms with Gasteiger partial charge < -0.3 is 15.8 Å². The highest BCUT2D eigenvalue weighted by Crippen LogP contribution is 2.22. The van der Waals surface area contributed by atoms with Gasteiger partial charge in [0.1, 0.15) is 5.69 Å². The zero-order chi connectivity index (χ0) is 15.6. The van der Waals surface area contributed by atoms with E-state index in [-0.39, 0.29) is 24.9 Å². The molecule has 1 aromatic carbocycles. The number of anilines is 2. The van der Waals surface area contributed by atoms with Crippen molar-refractivity contribution >= 4 is 29.7 Å². The van der Waals surface area contributed by atoms with Crippen LogP contribution in [-0.2, 0) is 11.8 Å². The van der Waals surface area contributed by atoms with Gasteiger partial charge >= 0.3 is 0 Å². The molecule has 1 aromatic heterocycles. The lowest BCUT2D eigenvalue weighted by Crippen LogP contribution is -2.21. The fourth-order valence-corrected chi connectivity index (χ4v) is 2.06. The lowest BCUT2D eigenvalue weighted by Gasteiger charge is -2.10. The fourth-order valence-electron chi connectivity index (χ4n) is 2.06. The van der Waals surface area contributed by atoms with E-state index in [1.165, 1.54) is 0 Å². The molecule has 0 spiro atoms. The van der Waals surface area contributed by atoms with Crippen LogP contribution in [0.5, 0.6) is 5.75 Å². The number of hydrogen-bond acceptors (Lipinski definition) is 4. The maximum Gasteiger partial charge on any atom is 0.262 e. The standard InChI is InChI=1S/C15H20N4O2.ClH/c1-9-5-6-12(16)7-13(9)17-14(20)8-21-15-10(2)18-19(4)11(15)3;/h5-7H,8,16H2,1-4H3,(H,17,20);1H. The van der Waals surface area contributed by atoms with Crippen LogP contribution in [0.4, 0.5) is 11.4 Å². The van der Waals surface area contributed by atoms with E-state index in [0.717, 1.165) is 17.0 Å². The molecule has 0 radical (unpaired) electrons. The number of halogens is 1. The van der Waals surface area contributed by atoms with E-state index in [1.807, 2.05) is 33.9 Å². The first kappa shape index (κ1) is 17.8. The second-order valence-corrected chi connectivity index (χ2v) is 5.03. The molecule has 22 heavy (non-hydrogen) atoms. The predicted molar refractivity (Wildman–Crippen MR) is 89.6 cm³/mol. The molecule has 0 fully saturated rings. The zero-order valence-corrected chi connectivity index (χ0v) is 14.0. The van der Waals surface area contributed by atoms with Crippen molar-refractivity contribution in [3.05, 3.63) is 35.2 Å². The first-order chi connectivity index (χ1) is 9.88. The minimum atomic E-state index is -0.230. The maximum atomic E-state index is 12.0. The highest BCUT2D eigenvalue weighted by Gasteiger charge is 2.13. The van der Waals surface area contributed by atoms with E-state index in [2.05, 4.69) is 10.4 Å². The van der Waals surface area contributed by atoms with E-state index >= 15 is 0 Å². The number of nitrogens with one attached hydrogen (secondary N) is 1. The third kappa shape index (κ3) is 3.92. The van der Waals surface area contributed by atoms with Gasteiger partial charge in [-0.25, -0.2) is 0 Å². The summed E-state index contributed by atoms with van der Waals surface area (Å²) in [5, 5.41) is 7.04. The second kappa shape index (κ2) is 7.17. The van der Waals surface area contributed by atoms with E-state index < -0.39 is 0 Å². The van der Waals surface area contributed by atoms with Gasteiger partial charge in [-0.05, 0) is 38.5 Å². The zero-order valence-electron chi connectivity index (χ0n) is 13.1. The molecule has 0 aliphatic rings. The second-order valence-electron chi connectivity index (χ2n) is 5.03. The van der Waals surface area contributed by atoms with Crippen LogP contribution in [0.2, 0.25) is 0 Å². The topological polar surface area (TPSA) is 82.2 Å². The molecule has 0 unspecified atom stereocenters. The number of nitrogens with two attached hydrogens (primary N) is 1. The number of aromatic nitrogens is 2. The molecule has 0 aliphatic carbocycles. The summed E-state index contributed by atoms with van der Waals surface area (Å²) in [5.41, 5.74) is 9.63. The molecule has 2 aromatic rings. The van der Waals surface area contributed by atoms with Crippen molar-refractivity contribution in [3.8, 4) is 5.75 Å². The Bertz CT molecular complexity index is 682. The summed E-state index contributed by atoms with van der Waals surface area (Å²) in [5.74, 6) is 0.420. The smallest absolute Gasteiger partial charge is 0.262 e. The number of nitrogen functional groups attached to an aromatic ring is 1. The van der Waals surface area contributed by atoms with Gasteiger partial charge in [-0.15, -0.1) is 12.4 Å². The summed E-state index contributed by atoms with van der Waals surface area (Å²) < 4.78 is 7.29. The molecule has 0 bridgehead atoms. The Morgan fingerprint density at radius 3 is 2.64 bits per heavy atom. The number of aryl methyl sites for hydroxylation is 3. The summed E-state index contributed by atoms with van der Waals surface area (Å²) >= 11 is 0. The lowest BCUT2D eigenvalue weighted by molar-refractivity contribution is -0.118. The fraction of sp³-hybridized carbons (Fsp3) is 0.333. The number of carbonyl (C=O) groups is 1. The monoisotopic (exact) mass is 324 g/mol. The molecule has 3 N–H and O–H groups in total. The normalized spacial score (nSPS) is 10.0. The van der Waals surface area contributed by atoms with Crippen LogP contribution < -0.4 is 15.8 Å². The minimum Gasteiger partial charge on any atom is -0.480 e. The number of rotatable bonds is 4. The van der Waals surface area contributed by atoms with Crippen LogP contribution in [0.3, 0.4) is 0 Å². The summed E-state index contributed by atoms with van der Waals surface area (Å²) in [6.07, 6.45) is 0. The van der Waals surface area contributed by atoms with Crippen molar-refractivity contribution in [2.24, 2.45) is 7.05 Å². The van der Waals surface area contributed by atoms with Crippen molar-refractivity contribution < 1.29 is 9.53 Å². The molecule has 0 saturated heterocycles. The Labute approximate surface area is 136 Å². The Morgan fingerprint density at radius 2 is 2.05 bits per heavy atom. The highest BCUT2D eigenvalue weighted by molar-refractivity contribution is 5.93. The highest BCUT2D eigenvalue weighted by atomic mass is 35.5. The Morgan fingerprint density at radius 1 is 1.36 bits per heavy atom. The van der Waals surface area contributed by atoms with E-state index in [1.54, 1.807) is 16.8 Å². The number of benzene rings is 1. The van der Waals surface area contributed by atoms with Crippen molar-refractivity contribution in [2.75, 3.05) is 17.7 Å². The van der Waals surface area contributed by atoms with E-state index in [0.29, 0.717) is 17.1 Å². The Kier molecular flexibility index (Phi) is 5.82. The number of ether oxygens (including phenoxy) is 1. The average Bonchev–Trinajstić information content (AvgIpc) is 2.66. The van der Waals surface area contributed by atoms with Crippen molar-refractivity contribution in [1.82, 2.24) is 9.78 Å². The summed E-state index contributed by atoms with van der Waals surface area (Å²) in [7, 11) is 1.84. The number of amides is 1. The summed E-state index contributed by atoms with van der Waals surface area (Å²) in [6, 6.07) is 5.39. The van der Waals surface area contributed by atoms with Gasteiger partial charge in [-0.3, -0.25) is 9.48 Å². The van der Waals surface area contributed by atoms with Crippen molar-refractivity contribution in [2.45, 2.75) is 20.8 Å². The van der Waals surface area contributed by atoms with Gasteiger partial charge in [-0.1, -0.05) is 6.07 Å². The molecule has 0 aliphatic heterocycles. The lowest BCUT2D eigenvalue weighted by atomic mass is 10.2. The van der Waals surface area contributed by atoms with Crippen LogP contribution in [0.1, 0.15) is 17.0 Å². The van der Waals surface area contributed by atoms with Crippen LogP contribution >= 0.6 is 12.4 Å². The minimum absolute atomic E-state index is 0. The van der Waals surface area contributed by atoms with E-state index in [4.69, 9.17) is 10.5 Å². The van der Waals surface area contributed by atoms with E-state index in [9.17, 15) is 4.79 Å². The van der Waals surface area contributed by atoms with Crippen LogP contribution in [0.15, 0.2) is 18.2 Å². The SMILES string of the molecule is Cc1ccc(N)cc1NC(=O)COc1c(C)nn(C)c1C.Cl. The number of hydrogen-bond donors (Lipinski definition) is 2. The Balaban J connectivity index is 0.00000242. The van der Waals surface area contributed by atoms with Crippen LogP contribution in [0, 0.1) is 20.8 Å². The molecule has 0 saturated carbocycles. The molecule has 1 amide bonds. The summed E-state index contributed by atoms with van der Waals surface area (Å²) in [4.78, 5) is 12.0. The van der Waals surface area contributed by atoms with Gasteiger partial charge in [-0.2, -0.15) is 5.10 Å². The van der Waals surface area contributed by atoms with Crippen molar-refractivity contribution in [1.29, 1.82) is 0 Å². The Hall–Kier alpha value is -2.21. The van der Waals surface area contributed by atoms with Gasteiger partial charge in [0, 0.05) is 18.4 Å². The van der Waals surface area contributed by atoms with Crippen LogP contribution in [0.25, 0.3) is 0 Å². The average molecular weight is 325 g/mol. The van der Waals surface area contributed by atoms with Gasteiger partial charge in [0.05, 0.1) is 5.69 Å². The first-order valence-electron chi connectivity index (χ1n) is 6.67. The molecule has 7 heteroatoms. The molecule has 2 rings (SSSR count). The predicted octanol–water partition coefficient (Wildman–Crippen LogP) is 2.37. The van der Waals surface area contributed by atoms with Crippen molar-refractivity contribution in [3.63, 3.8) is 0 Å². The van der Waals surface area contributed by atoms with Crippen LogP contribution in [-0.4, -0.2) is 22.3 Å². The number of carbonyl (C=O) groups excluding carboxylic acids is 1. The summed E-state index contributed by atoms with van der Waals surface area (Å²) in [6.45, 7) is 5.59. The largest absolute Gasteiger partial charge is 0.480 e. The first-order valence-corrected chi connectivity index (χ1v) is 6.67. The maximum absolute atomic E-state index is 12.0. The molecule has 6 nitrogen and oxygen atoms in total. The molecular formula is C15H21ClN4O2. The third-order valence-corrected chi connectivity index (χ3v) is 3.33. The molecule has 1 heterocycles. The number of nitrogens with zero attached hydrogens (tertiary/aromatic N) is 2. The molecule has 120 valence electrons. The third-order valence-electron chi connectivity index (χ3n) is 3.33. The quantitative estimate of drug-likeness (QED) is 0.846. The molecular weight excluding hydrogens is 304 g/mol. The van der Waals surface area contributed by atoms with Gasteiger partial charge in [0.2, 0.25) is 0 Å².